The normalized spacial score (nSPS) is 9.58. The van der Waals surface area contributed by atoms with E-state index in [4.69, 9.17) is 21.0 Å². The van der Waals surface area contributed by atoms with Gasteiger partial charge in [0.05, 0.1) is 22.3 Å². The van der Waals surface area contributed by atoms with Crippen molar-refractivity contribution in [3.05, 3.63) is 130 Å². The van der Waals surface area contributed by atoms with Gasteiger partial charge in [-0.05, 0) is 52.9 Å². The van der Waals surface area contributed by atoms with Gasteiger partial charge < -0.3 is 0 Å². The summed E-state index contributed by atoms with van der Waals surface area (Å²) in [5.74, 6) is 0. The molecule has 0 radical (unpaired) electrons. The second-order valence-electron chi connectivity index (χ2n) is 7.03. The zero-order valence-electron chi connectivity index (χ0n) is 17.7. The number of fused-ring (bicyclic) bond motifs is 3. The van der Waals surface area contributed by atoms with Crippen LogP contribution in [0, 0.1) is 45.3 Å². The van der Waals surface area contributed by atoms with E-state index in [0.29, 0.717) is 22.3 Å². The molecule has 0 amide bonds. The maximum atomic E-state index is 8.45. The summed E-state index contributed by atoms with van der Waals surface area (Å²) in [4.78, 5) is 0. The Kier molecular flexibility index (Phi) is 7.71. The molecule has 33 heavy (non-hydrogen) atoms. The largest absolute Gasteiger partial charge is 0.192 e. The van der Waals surface area contributed by atoms with Crippen molar-refractivity contribution in [1.82, 2.24) is 0 Å². The van der Waals surface area contributed by atoms with Gasteiger partial charge in [-0.1, -0.05) is 72.8 Å². The third-order valence-electron chi connectivity index (χ3n) is 5.04. The summed E-state index contributed by atoms with van der Waals surface area (Å²) in [7, 11) is 0. The quantitative estimate of drug-likeness (QED) is 0.300. The molecule has 1 aliphatic carbocycles. The van der Waals surface area contributed by atoms with Crippen LogP contribution in [0.4, 0.5) is 0 Å². The zero-order valence-corrected chi connectivity index (χ0v) is 17.7. The highest BCUT2D eigenvalue weighted by atomic mass is 14.3. The highest BCUT2D eigenvalue weighted by molar-refractivity contribution is 5.76. The first-order valence-electron chi connectivity index (χ1n) is 10.2. The molecular weight excluding hydrogens is 404 g/mol. The molecule has 0 spiro atoms. The number of hydrogen-bond acceptors (Lipinski definition) is 4. The fraction of sp³-hybridized carbons (Fsp3) is 0.0345. The summed E-state index contributed by atoms with van der Waals surface area (Å²) in [5, 5.41) is 33.8. The molecule has 0 unspecified atom stereocenters. The Morgan fingerprint density at radius 3 is 0.970 bits per heavy atom. The van der Waals surface area contributed by atoms with Crippen molar-refractivity contribution in [2.24, 2.45) is 0 Å². The lowest BCUT2D eigenvalue weighted by molar-refractivity contribution is 1.26. The first kappa shape index (κ1) is 22.5. The Morgan fingerprint density at radius 2 is 0.667 bits per heavy atom. The Morgan fingerprint density at radius 1 is 0.394 bits per heavy atom. The molecule has 154 valence electrons. The Balaban J connectivity index is 0.000000142. The van der Waals surface area contributed by atoms with Crippen LogP contribution in [0.2, 0.25) is 0 Å². The number of nitriles is 4. The number of hydrogen-bond donors (Lipinski definition) is 0. The maximum absolute atomic E-state index is 8.45. The van der Waals surface area contributed by atoms with E-state index in [2.05, 4.69) is 48.5 Å². The zero-order chi connectivity index (χ0) is 23.5. The molecule has 0 fully saturated rings. The molecule has 0 saturated heterocycles. The lowest BCUT2D eigenvalue weighted by Crippen LogP contribution is -1.79. The fourth-order valence-electron chi connectivity index (χ4n) is 3.44. The molecule has 5 rings (SSSR count). The summed E-state index contributed by atoms with van der Waals surface area (Å²) >= 11 is 0. The molecule has 4 nitrogen and oxygen atoms in total. The molecule has 0 saturated carbocycles. The molecule has 4 heteroatoms. The summed E-state index contributed by atoms with van der Waals surface area (Å²) in [5.41, 5.74) is 7.49. The Hall–Kier alpha value is -5.16. The third kappa shape index (κ3) is 5.51. The van der Waals surface area contributed by atoms with Gasteiger partial charge >= 0.3 is 0 Å². The summed E-state index contributed by atoms with van der Waals surface area (Å²) in [6.07, 6.45) is 1.10. The van der Waals surface area contributed by atoms with Crippen LogP contribution in [0.15, 0.2) is 97.1 Å². The molecule has 0 aliphatic heterocycles. The lowest BCUT2D eigenvalue weighted by Gasteiger charge is -1.98. The van der Waals surface area contributed by atoms with Gasteiger partial charge in [0.25, 0.3) is 0 Å². The fourth-order valence-corrected chi connectivity index (χ4v) is 3.44. The number of benzene rings is 4. The van der Waals surface area contributed by atoms with E-state index < -0.39 is 0 Å². The molecular formula is C29H18N4. The number of rotatable bonds is 0. The average Bonchev–Trinajstić information content (AvgIpc) is 3.28. The van der Waals surface area contributed by atoms with Crippen molar-refractivity contribution >= 4 is 0 Å². The van der Waals surface area contributed by atoms with Gasteiger partial charge in [0.1, 0.15) is 24.3 Å². The maximum Gasteiger partial charge on any atom is 0.101 e. The van der Waals surface area contributed by atoms with Crippen LogP contribution in [0.25, 0.3) is 11.1 Å². The summed E-state index contributed by atoms with van der Waals surface area (Å²) in [6, 6.07) is 38.4. The highest BCUT2D eigenvalue weighted by Crippen LogP contribution is 2.35. The van der Waals surface area contributed by atoms with Crippen LogP contribution in [-0.2, 0) is 6.42 Å². The van der Waals surface area contributed by atoms with Crippen molar-refractivity contribution < 1.29 is 0 Å². The van der Waals surface area contributed by atoms with E-state index in [1.807, 2.05) is 24.3 Å². The van der Waals surface area contributed by atoms with Crippen LogP contribution in [0.5, 0.6) is 0 Å². The first-order chi connectivity index (χ1) is 16.2. The second kappa shape index (κ2) is 11.3. The standard InChI is InChI=1S/C13H10.2C8H4N2/c1-3-7-12-10(5-1)9-11-6-2-4-8-13(11)12;2*9-5-7-3-1-2-4-8(7)6-10/h1-8H,9H2;2*1-4H. The van der Waals surface area contributed by atoms with Gasteiger partial charge in [-0.2, -0.15) is 21.0 Å². The third-order valence-corrected chi connectivity index (χ3v) is 5.04. The molecule has 0 atom stereocenters. The lowest BCUT2D eigenvalue weighted by atomic mass is 10.1. The van der Waals surface area contributed by atoms with Gasteiger partial charge in [0, 0.05) is 0 Å². The molecule has 4 aromatic carbocycles. The van der Waals surface area contributed by atoms with Crippen molar-refractivity contribution in [2.75, 3.05) is 0 Å². The van der Waals surface area contributed by atoms with Crippen molar-refractivity contribution in [2.45, 2.75) is 6.42 Å². The van der Waals surface area contributed by atoms with Gasteiger partial charge in [-0.3, -0.25) is 0 Å². The van der Waals surface area contributed by atoms with Crippen LogP contribution < -0.4 is 0 Å². The van der Waals surface area contributed by atoms with Crippen molar-refractivity contribution in [3.8, 4) is 35.4 Å². The number of nitrogens with zero attached hydrogens (tertiary/aromatic N) is 4. The van der Waals surface area contributed by atoms with Crippen molar-refractivity contribution in [3.63, 3.8) is 0 Å². The summed E-state index contributed by atoms with van der Waals surface area (Å²) < 4.78 is 0. The highest BCUT2D eigenvalue weighted by Gasteiger charge is 2.15. The Labute approximate surface area is 193 Å². The molecule has 0 bridgehead atoms. The molecule has 0 heterocycles. The minimum atomic E-state index is 0.435. The minimum absolute atomic E-state index is 0.435. The molecule has 0 N–H and O–H groups in total. The predicted molar refractivity (Wildman–Crippen MR) is 126 cm³/mol. The van der Waals surface area contributed by atoms with E-state index in [9.17, 15) is 0 Å². The second-order valence-corrected chi connectivity index (χ2v) is 7.03. The smallest absolute Gasteiger partial charge is 0.101 e. The van der Waals surface area contributed by atoms with Gasteiger partial charge in [0.15, 0.2) is 0 Å². The van der Waals surface area contributed by atoms with Gasteiger partial charge in [0.2, 0.25) is 0 Å². The minimum Gasteiger partial charge on any atom is -0.192 e. The predicted octanol–water partition coefficient (Wildman–Crippen LogP) is 6.12. The van der Waals surface area contributed by atoms with Crippen LogP contribution in [0.1, 0.15) is 33.4 Å². The van der Waals surface area contributed by atoms with Crippen LogP contribution in [0.3, 0.4) is 0 Å². The van der Waals surface area contributed by atoms with Crippen LogP contribution in [-0.4, -0.2) is 0 Å². The summed E-state index contributed by atoms with van der Waals surface area (Å²) in [6.45, 7) is 0. The van der Waals surface area contributed by atoms with Crippen molar-refractivity contribution in [1.29, 1.82) is 21.0 Å². The average molecular weight is 422 g/mol. The van der Waals surface area contributed by atoms with E-state index in [-0.39, 0.29) is 0 Å². The topological polar surface area (TPSA) is 95.2 Å². The van der Waals surface area contributed by atoms with E-state index in [0.717, 1.165) is 6.42 Å². The molecule has 4 aromatic rings. The van der Waals surface area contributed by atoms with E-state index >= 15 is 0 Å². The molecule has 0 aromatic heterocycles. The van der Waals surface area contributed by atoms with Gasteiger partial charge in [-0.25, -0.2) is 0 Å². The SMILES string of the molecule is N#Cc1ccccc1C#N.N#Cc1ccccc1C#N.c1ccc2c(c1)Cc1ccccc1-2. The van der Waals surface area contributed by atoms with E-state index in [1.165, 1.54) is 22.3 Å². The Bertz CT molecular complexity index is 1260. The first-order valence-corrected chi connectivity index (χ1v) is 10.2. The monoisotopic (exact) mass is 422 g/mol. The van der Waals surface area contributed by atoms with Gasteiger partial charge in [-0.15, -0.1) is 0 Å². The molecule has 1 aliphatic rings. The van der Waals surface area contributed by atoms with Crippen LogP contribution >= 0.6 is 0 Å². The van der Waals surface area contributed by atoms with E-state index in [1.54, 1.807) is 48.5 Å².